The van der Waals surface area contributed by atoms with Gasteiger partial charge in [0.05, 0.1) is 6.61 Å². The molecule has 0 heterocycles. The average molecular weight is 191 g/mol. The SMILES string of the molecule is N[C@@H](CCOC(=O)C(=O)O)C(=O)O. The summed E-state index contributed by atoms with van der Waals surface area (Å²) in [5.74, 6) is -4.37. The molecule has 0 saturated carbocycles. The summed E-state index contributed by atoms with van der Waals surface area (Å²) in [5.41, 5.74) is 5.04. The van der Waals surface area contributed by atoms with Gasteiger partial charge in [0.15, 0.2) is 0 Å². The van der Waals surface area contributed by atoms with Crippen molar-refractivity contribution in [3.63, 3.8) is 0 Å². The molecule has 7 heteroatoms. The molecule has 0 amide bonds. The molecule has 0 saturated heterocycles. The number of carbonyl (C=O) groups excluding carboxylic acids is 1. The highest BCUT2D eigenvalue weighted by molar-refractivity contribution is 6.28. The van der Waals surface area contributed by atoms with Crippen molar-refractivity contribution in [3.05, 3.63) is 0 Å². The lowest BCUT2D eigenvalue weighted by molar-refractivity contribution is -0.164. The summed E-state index contributed by atoms with van der Waals surface area (Å²) < 4.78 is 4.14. The predicted octanol–water partition coefficient (Wildman–Crippen LogP) is -1.58. The van der Waals surface area contributed by atoms with E-state index in [4.69, 9.17) is 15.9 Å². The van der Waals surface area contributed by atoms with Crippen LogP contribution in [0.5, 0.6) is 0 Å². The summed E-state index contributed by atoms with van der Waals surface area (Å²) in [5, 5.41) is 16.3. The Morgan fingerprint density at radius 2 is 1.85 bits per heavy atom. The van der Waals surface area contributed by atoms with E-state index < -0.39 is 23.9 Å². The van der Waals surface area contributed by atoms with Gasteiger partial charge in [-0.3, -0.25) is 4.79 Å². The van der Waals surface area contributed by atoms with Crippen molar-refractivity contribution in [2.75, 3.05) is 6.61 Å². The van der Waals surface area contributed by atoms with E-state index in [0.29, 0.717) is 0 Å². The van der Waals surface area contributed by atoms with E-state index in [1.54, 1.807) is 0 Å². The van der Waals surface area contributed by atoms with Crippen LogP contribution in [0.4, 0.5) is 0 Å². The summed E-state index contributed by atoms with van der Waals surface area (Å²) in [6.07, 6.45) is -0.117. The first-order valence-electron chi connectivity index (χ1n) is 3.33. The summed E-state index contributed by atoms with van der Waals surface area (Å²) in [4.78, 5) is 30.3. The zero-order valence-electron chi connectivity index (χ0n) is 6.60. The Balaban J connectivity index is 3.62. The van der Waals surface area contributed by atoms with E-state index in [0.717, 1.165) is 0 Å². The van der Waals surface area contributed by atoms with Gasteiger partial charge in [-0.25, -0.2) is 9.59 Å². The van der Waals surface area contributed by atoms with Gasteiger partial charge in [0.2, 0.25) is 0 Å². The largest absolute Gasteiger partial charge is 0.480 e. The van der Waals surface area contributed by atoms with Crippen LogP contribution >= 0.6 is 0 Å². The van der Waals surface area contributed by atoms with Gasteiger partial charge in [-0.05, 0) is 0 Å². The molecule has 0 fully saturated rings. The number of carboxylic acids is 2. The number of ether oxygens (including phenoxy) is 1. The van der Waals surface area contributed by atoms with E-state index in [1.807, 2.05) is 0 Å². The second-order valence-electron chi connectivity index (χ2n) is 2.17. The number of hydrogen-bond donors (Lipinski definition) is 3. The van der Waals surface area contributed by atoms with Crippen molar-refractivity contribution in [2.45, 2.75) is 12.5 Å². The Labute approximate surface area is 73.1 Å². The Kier molecular flexibility index (Phi) is 4.45. The summed E-state index contributed by atoms with van der Waals surface area (Å²) >= 11 is 0. The molecule has 4 N–H and O–H groups in total. The first kappa shape index (κ1) is 11.4. The lowest BCUT2D eigenvalue weighted by atomic mass is 10.2. The van der Waals surface area contributed by atoms with Gasteiger partial charge in [0.25, 0.3) is 0 Å². The third kappa shape index (κ3) is 4.75. The van der Waals surface area contributed by atoms with Crippen LogP contribution in [0.3, 0.4) is 0 Å². The molecule has 0 radical (unpaired) electrons. The smallest absolute Gasteiger partial charge is 0.417 e. The minimum absolute atomic E-state index is 0.117. The Morgan fingerprint density at radius 3 is 2.23 bits per heavy atom. The minimum atomic E-state index is -1.72. The number of esters is 1. The fourth-order valence-corrected chi connectivity index (χ4v) is 0.464. The predicted molar refractivity (Wildman–Crippen MR) is 38.8 cm³/mol. The van der Waals surface area contributed by atoms with Crippen molar-refractivity contribution in [3.8, 4) is 0 Å². The molecule has 74 valence electrons. The molecule has 0 rings (SSSR count). The van der Waals surface area contributed by atoms with E-state index in [-0.39, 0.29) is 13.0 Å². The highest BCUT2D eigenvalue weighted by atomic mass is 16.6. The summed E-state index contributed by atoms with van der Waals surface area (Å²) in [6, 6.07) is -1.15. The van der Waals surface area contributed by atoms with E-state index in [1.165, 1.54) is 0 Å². The third-order valence-corrected chi connectivity index (χ3v) is 1.15. The summed E-state index contributed by atoms with van der Waals surface area (Å²) in [7, 11) is 0. The fourth-order valence-electron chi connectivity index (χ4n) is 0.464. The maximum Gasteiger partial charge on any atom is 0.417 e. The van der Waals surface area contributed by atoms with Crippen LogP contribution in [0.15, 0.2) is 0 Å². The number of nitrogens with two attached hydrogens (primary N) is 1. The first-order valence-corrected chi connectivity index (χ1v) is 3.33. The van der Waals surface area contributed by atoms with Crippen LogP contribution in [0.2, 0.25) is 0 Å². The molecule has 0 spiro atoms. The topological polar surface area (TPSA) is 127 Å². The van der Waals surface area contributed by atoms with Gasteiger partial charge in [-0.2, -0.15) is 0 Å². The van der Waals surface area contributed by atoms with Gasteiger partial charge in [0, 0.05) is 6.42 Å². The Hall–Kier alpha value is -1.63. The number of carbonyl (C=O) groups is 3. The molecule has 0 aliphatic rings. The molecule has 0 aliphatic heterocycles. The molecule has 7 nitrogen and oxygen atoms in total. The highest BCUT2D eigenvalue weighted by Crippen LogP contribution is 1.90. The quantitative estimate of drug-likeness (QED) is 0.361. The second-order valence-corrected chi connectivity index (χ2v) is 2.17. The molecule has 13 heavy (non-hydrogen) atoms. The van der Waals surface area contributed by atoms with Crippen molar-refractivity contribution < 1.29 is 29.3 Å². The van der Waals surface area contributed by atoms with Crippen LogP contribution < -0.4 is 5.73 Å². The lowest BCUT2D eigenvalue weighted by Gasteiger charge is -2.05. The summed E-state index contributed by atoms with van der Waals surface area (Å²) in [6.45, 7) is -0.321. The van der Waals surface area contributed by atoms with Crippen LogP contribution in [0, 0.1) is 0 Å². The molecular formula is C6H9NO6. The monoisotopic (exact) mass is 191 g/mol. The van der Waals surface area contributed by atoms with E-state index in [9.17, 15) is 14.4 Å². The molecule has 0 aromatic carbocycles. The molecule has 0 aromatic rings. The Bertz CT molecular complexity index is 225. The number of rotatable bonds is 4. The zero-order valence-corrected chi connectivity index (χ0v) is 6.60. The molecule has 0 bridgehead atoms. The maximum atomic E-state index is 10.3. The van der Waals surface area contributed by atoms with Crippen molar-refractivity contribution >= 4 is 17.9 Å². The van der Waals surface area contributed by atoms with E-state index in [2.05, 4.69) is 4.74 Å². The van der Waals surface area contributed by atoms with Crippen LogP contribution in [-0.4, -0.2) is 40.8 Å². The minimum Gasteiger partial charge on any atom is -0.480 e. The molecule has 1 atom stereocenters. The van der Waals surface area contributed by atoms with Crippen molar-refractivity contribution in [1.82, 2.24) is 0 Å². The van der Waals surface area contributed by atoms with Crippen LogP contribution in [0.25, 0.3) is 0 Å². The van der Waals surface area contributed by atoms with Gasteiger partial charge < -0.3 is 20.7 Å². The second kappa shape index (κ2) is 5.09. The first-order chi connectivity index (χ1) is 5.95. The highest BCUT2D eigenvalue weighted by Gasteiger charge is 2.15. The molecular weight excluding hydrogens is 182 g/mol. The third-order valence-electron chi connectivity index (χ3n) is 1.15. The van der Waals surface area contributed by atoms with Crippen LogP contribution in [0.1, 0.15) is 6.42 Å². The normalized spacial score (nSPS) is 11.8. The molecule has 0 unspecified atom stereocenters. The average Bonchev–Trinajstić information content (AvgIpc) is 2.03. The number of hydrogen-bond acceptors (Lipinski definition) is 5. The zero-order chi connectivity index (χ0) is 10.4. The van der Waals surface area contributed by atoms with Gasteiger partial charge in [-0.15, -0.1) is 0 Å². The fraction of sp³-hybridized carbons (Fsp3) is 0.500. The molecule has 0 aliphatic carbocycles. The van der Waals surface area contributed by atoms with Gasteiger partial charge in [-0.1, -0.05) is 0 Å². The van der Waals surface area contributed by atoms with Gasteiger partial charge in [0.1, 0.15) is 6.04 Å². The van der Waals surface area contributed by atoms with Gasteiger partial charge >= 0.3 is 17.9 Å². The Morgan fingerprint density at radius 1 is 1.31 bits per heavy atom. The number of carboxylic acid groups (broad SMARTS) is 2. The van der Waals surface area contributed by atoms with Crippen LogP contribution in [-0.2, 0) is 19.1 Å². The molecule has 0 aromatic heterocycles. The van der Waals surface area contributed by atoms with Crippen molar-refractivity contribution in [1.29, 1.82) is 0 Å². The standard InChI is InChI=1S/C6H9NO6/c7-3(4(8)9)1-2-13-6(12)5(10)11/h3H,1-2,7H2,(H,8,9)(H,10,11)/t3-/m0/s1. The lowest BCUT2D eigenvalue weighted by Crippen LogP contribution is -2.32. The van der Waals surface area contributed by atoms with E-state index >= 15 is 0 Å². The van der Waals surface area contributed by atoms with Crippen molar-refractivity contribution in [2.24, 2.45) is 5.73 Å². The maximum absolute atomic E-state index is 10.3. The number of aliphatic carboxylic acids is 2.